The molecule has 148 valence electrons. The summed E-state index contributed by atoms with van der Waals surface area (Å²) in [4.78, 5) is 16.1. The summed E-state index contributed by atoms with van der Waals surface area (Å²) in [6, 6.07) is 11.9. The average molecular weight is 482 g/mol. The fraction of sp³-hybridized carbons (Fsp3) is 0.429. The van der Waals surface area contributed by atoms with E-state index in [1.807, 2.05) is 17.6 Å². The average Bonchev–Trinajstić information content (AvgIpc) is 2.61. The molecule has 2 N–H and O–H groups in total. The van der Waals surface area contributed by atoms with E-state index in [0.717, 1.165) is 44.1 Å². The molecule has 2 aromatic rings. The van der Waals surface area contributed by atoms with Crippen LogP contribution in [0.3, 0.4) is 0 Å². The van der Waals surface area contributed by atoms with Crippen LogP contribution in [0, 0.1) is 20.8 Å². The van der Waals surface area contributed by atoms with Crippen molar-refractivity contribution in [3.63, 3.8) is 0 Å². The zero-order chi connectivity index (χ0) is 18.9. The predicted octanol–water partition coefficient (Wildman–Crippen LogP) is 3.54. The van der Waals surface area contributed by atoms with Crippen LogP contribution in [0.2, 0.25) is 0 Å². The smallest absolute Gasteiger partial charge is 0.250 e. The highest BCUT2D eigenvalue weighted by molar-refractivity contribution is 14.0. The van der Waals surface area contributed by atoms with E-state index in [1.54, 1.807) is 19.2 Å². The van der Waals surface area contributed by atoms with Gasteiger partial charge in [-0.1, -0.05) is 29.8 Å². The zero-order valence-corrected chi connectivity index (χ0v) is 19.0. The Morgan fingerprint density at radius 2 is 1.85 bits per heavy atom. The SMILES string of the molecule is CN=C(NCCCCn1c(C)cccc1=O)NCc1ccc(C)cc1C.I. The number of pyridine rings is 1. The monoisotopic (exact) mass is 482 g/mol. The highest BCUT2D eigenvalue weighted by atomic mass is 127. The van der Waals surface area contributed by atoms with Crippen molar-refractivity contribution in [1.82, 2.24) is 15.2 Å². The quantitative estimate of drug-likeness (QED) is 0.275. The van der Waals surface area contributed by atoms with Crippen molar-refractivity contribution in [2.75, 3.05) is 13.6 Å². The van der Waals surface area contributed by atoms with Crippen molar-refractivity contribution < 1.29 is 0 Å². The molecule has 0 fully saturated rings. The summed E-state index contributed by atoms with van der Waals surface area (Å²) in [6.45, 7) is 8.54. The maximum Gasteiger partial charge on any atom is 0.250 e. The van der Waals surface area contributed by atoms with Gasteiger partial charge in [0.2, 0.25) is 0 Å². The van der Waals surface area contributed by atoms with E-state index in [2.05, 4.69) is 47.7 Å². The summed E-state index contributed by atoms with van der Waals surface area (Å²) in [5.74, 6) is 0.804. The Kier molecular flexibility index (Phi) is 10.1. The van der Waals surface area contributed by atoms with Crippen molar-refractivity contribution in [1.29, 1.82) is 0 Å². The lowest BCUT2D eigenvalue weighted by Gasteiger charge is -2.14. The molecule has 27 heavy (non-hydrogen) atoms. The summed E-state index contributed by atoms with van der Waals surface area (Å²) in [7, 11) is 1.78. The Balaban J connectivity index is 0.00000364. The molecule has 0 amide bonds. The van der Waals surface area contributed by atoms with E-state index in [4.69, 9.17) is 0 Å². The zero-order valence-electron chi connectivity index (χ0n) is 16.7. The van der Waals surface area contributed by atoms with Gasteiger partial charge in [0.15, 0.2) is 5.96 Å². The Morgan fingerprint density at radius 3 is 2.52 bits per heavy atom. The normalized spacial score (nSPS) is 11.0. The van der Waals surface area contributed by atoms with Gasteiger partial charge in [0.25, 0.3) is 5.56 Å². The minimum atomic E-state index is 0. The second-order valence-corrected chi connectivity index (χ2v) is 6.65. The van der Waals surface area contributed by atoms with Crippen LogP contribution < -0.4 is 16.2 Å². The number of guanidine groups is 1. The molecule has 2 rings (SSSR count). The van der Waals surface area contributed by atoms with Crippen molar-refractivity contribution in [3.8, 4) is 0 Å². The number of rotatable bonds is 7. The van der Waals surface area contributed by atoms with Gasteiger partial charge in [0, 0.05) is 38.4 Å². The molecule has 0 aliphatic heterocycles. The van der Waals surface area contributed by atoms with Crippen molar-refractivity contribution >= 4 is 29.9 Å². The van der Waals surface area contributed by atoms with Gasteiger partial charge in [-0.05, 0) is 50.8 Å². The first kappa shape index (κ1) is 23.2. The molecule has 6 heteroatoms. The van der Waals surface area contributed by atoms with Crippen molar-refractivity contribution in [2.45, 2.75) is 46.7 Å². The first-order valence-electron chi connectivity index (χ1n) is 9.18. The molecule has 0 bridgehead atoms. The van der Waals surface area contributed by atoms with Gasteiger partial charge in [-0.25, -0.2) is 0 Å². The number of hydrogen-bond donors (Lipinski definition) is 2. The molecule has 1 heterocycles. The molecule has 0 aliphatic rings. The Hall–Kier alpha value is -1.83. The molecule has 0 saturated carbocycles. The summed E-state index contributed by atoms with van der Waals surface area (Å²) in [5.41, 5.74) is 4.93. The first-order chi connectivity index (χ1) is 12.5. The molecule has 0 aliphatic carbocycles. The van der Waals surface area contributed by atoms with E-state index in [0.29, 0.717) is 0 Å². The van der Waals surface area contributed by atoms with Crippen LogP contribution in [-0.4, -0.2) is 24.1 Å². The predicted molar refractivity (Wildman–Crippen MR) is 124 cm³/mol. The highest BCUT2D eigenvalue weighted by Gasteiger charge is 2.02. The third-order valence-electron chi connectivity index (χ3n) is 4.54. The maximum atomic E-state index is 11.8. The van der Waals surface area contributed by atoms with Crippen LogP contribution in [0.15, 0.2) is 46.2 Å². The van der Waals surface area contributed by atoms with Gasteiger partial charge in [0.1, 0.15) is 0 Å². The van der Waals surface area contributed by atoms with Gasteiger partial charge in [0.05, 0.1) is 0 Å². The third-order valence-corrected chi connectivity index (χ3v) is 4.54. The Labute approximate surface area is 179 Å². The maximum absolute atomic E-state index is 11.8. The van der Waals surface area contributed by atoms with E-state index >= 15 is 0 Å². The van der Waals surface area contributed by atoms with E-state index in [9.17, 15) is 4.79 Å². The number of unbranched alkanes of at least 4 members (excludes halogenated alkanes) is 1. The minimum Gasteiger partial charge on any atom is -0.356 e. The number of benzene rings is 1. The van der Waals surface area contributed by atoms with Crippen LogP contribution >= 0.6 is 24.0 Å². The molecule has 1 aromatic carbocycles. The number of hydrogen-bond acceptors (Lipinski definition) is 2. The second-order valence-electron chi connectivity index (χ2n) is 6.65. The van der Waals surface area contributed by atoms with Crippen LogP contribution in [0.5, 0.6) is 0 Å². The van der Waals surface area contributed by atoms with E-state index < -0.39 is 0 Å². The third kappa shape index (κ3) is 7.36. The fourth-order valence-corrected chi connectivity index (χ4v) is 2.96. The molecule has 0 radical (unpaired) electrons. The standard InChI is InChI=1S/C21H30N4O.HI/c1-16-10-11-19(17(2)14-16)15-24-21(22-4)23-12-5-6-13-25-18(3)8-7-9-20(25)26;/h7-11,14H,5-6,12-13,15H2,1-4H3,(H2,22,23,24);1H. The van der Waals surface area contributed by atoms with Crippen LogP contribution in [-0.2, 0) is 13.1 Å². The summed E-state index contributed by atoms with van der Waals surface area (Å²) in [6.07, 6.45) is 1.93. The lowest BCUT2D eigenvalue weighted by atomic mass is 10.1. The lowest BCUT2D eigenvalue weighted by molar-refractivity contribution is 0.575. The summed E-state index contributed by atoms with van der Waals surface area (Å²) < 4.78 is 1.83. The van der Waals surface area contributed by atoms with Gasteiger partial charge in [-0.15, -0.1) is 24.0 Å². The number of nitrogens with zero attached hydrogens (tertiary/aromatic N) is 2. The van der Waals surface area contributed by atoms with Gasteiger partial charge >= 0.3 is 0 Å². The van der Waals surface area contributed by atoms with Gasteiger partial charge < -0.3 is 15.2 Å². The molecular weight excluding hydrogens is 451 g/mol. The molecule has 0 spiro atoms. The molecule has 5 nitrogen and oxygen atoms in total. The topological polar surface area (TPSA) is 58.4 Å². The number of halogens is 1. The molecule has 0 saturated heterocycles. The van der Waals surface area contributed by atoms with Crippen molar-refractivity contribution in [3.05, 3.63) is 69.1 Å². The molecule has 0 atom stereocenters. The van der Waals surface area contributed by atoms with E-state index in [-0.39, 0.29) is 29.5 Å². The number of aryl methyl sites for hydroxylation is 3. The first-order valence-corrected chi connectivity index (χ1v) is 9.18. The van der Waals surface area contributed by atoms with Gasteiger partial charge in [-0.3, -0.25) is 9.79 Å². The van der Waals surface area contributed by atoms with E-state index in [1.165, 1.54) is 16.7 Å². The summed E-state index contributed by atoms with van der Waals surface area (Å²) >= 11 is 0. The largest absolute Gasteiger partial charge is 0.356 e. The lowest BCUT2D eigenvalue weighted by Crippen LogP contribution is -2.37. The van der Waals surface area contributed by atoms with Gasteiger partial charge in [-0.2, -0.15) is 0 Å². The van der Waals surface area contributed by atoms with Crippen LogP contribution in [0.1, 0.15) is 35.2 Å². The number of aliphatic imine (C=N–C) groups is 1. The number of aromatic nitrogens is 1. The molecular formula is C21H31IN4O. The Morgan fingerprint density at radius 1 is 1.07 bits per heavy atom. The van der Waals surface area contributed by atoms with Crippen LogP contribution in [0.25, 0.3) is 0 Å². The minimum absolute atomic E-state index is 0. The Bertz CT molecular complexity index is 814. The number of nitrogens with one attached hydrogen (secondary N) is 2. The fourth-order valence-electron chi connectivity index (χ4n) is 2.96. The highest BCUT2D eigenvalue weighted by Crippen LogP contribution is 2.09. The second kappa shape index (κ2) is 11.8. The van der Waals surface area contributed by atoms with Crippen LogP contribution in [0.4, 0.5) is 0 Å². The summed E-state index contributed by atoms with van der Waals surface area (Å²) in [5, 5.41) is 6.69. The molecule has 1 aromatic heterocycles. The van der Waals surface area contributed by atoms with Crippen molar-refractivity contribution in [2.24, 2.45) is 4.99 Å². The molecule has 0 unspecified atom stereocenters.